The molecule has 4 nitrogen and oxygen atoms in total. The number of nitrogen functional groups attached to an aromatic ring is 1. The number of hydrogen-bond acceptors (Lipinski definition) is 3. The number of benzene rings is 1. The second kappa shape index (κ2) is 5.46. The Labute approximate surface area is 113 Å². The van der Waals surface area contributed by atoms with Crippen molar-refractivity contribution in [3.8, 4) is 0 Å². The SMILES string of the molecule is CCC1CCCCN1S(=O)(=O)c1cc(F)ccc1N. The van der Waals surface area contributed by atoms with E-state index < -0.39 is 15.8 Å². The van der Waals surface area contributed by atoms with Crippen molar-refractivity contribution < 1.29 is 12.8 Å². The first kappa shape index (κ1) is 14.3. The van der Waals surface area contributed by atoms with E-state index in [1.165, 1.54) is 16.4 Å². The Bertz CT molecular complexity index is 560. The molecule has 1 aromatic carbocycles. The number of nitrogens with zero attached hydrogens (tertiary/aromatic N) is 1. The quantitative estimate of drug-likeness (QED) is 0.868. The average Bonchev–Trinajstić information content (AvgIpc) is 2.41. The molecule has 0 aromatic heterocycles. The molecule has 1 fully saturated rings. The summed E-state index contributed by atoms with van der Waals surface area (Å²) < 4.78 is 40.0. The first-order valence-electron chi connectivity index (χ1n) is 6.53. The molecule has 19 heavy (non-hydrogen) atoms. The van der Waals surface area contributed by atoms with Gasteiger partial charge in [-0.15, -0.1) is 0 Å². The van der Waals surface area contributed by atoms with Gasteiger partial charge in [0.15, 0.2) is 0 Å². The second-order valence-corrected chi connectivity index (χ2v) is 6.71. The average molecular weight is 286 g/mol. The third kappa shape index (κ3) is 2.74. The molecule has 0 radical (unpaired) electrons. The van der Waals surface area contributed by atoms with Gasteiger partial charge in [0.05, 0.1) is 5.69 Å². The maximum absolute atomic E-state index is 13.3. The van der Waals surface area contributed by atoms with Gasteiger partial charge in [-0.25, -0.2) is 12.8 Å². The topological polar surface area (TPSA) is 63.4 Å². The summed E-state index contributed by atoms with van der Waals surface area (Å²) in [6.45, 7) is 2.45. The highest BCUT2D eigenvalue weighted by Crippen LogP contribution is 2.29. The molecule has 2 N–H and O–H groups in total. The number of piperidine rings is 1. The predicted octanol–water partition coefficient (Wildman–Crippen LogP) is 2.36. The number of nitrogens with two attached hydrogens (primary N) is 1. The van der Waals surface area contributed by atoms with E-state index in [-0.39, 0.29) is 16.6 Å². The van der Waals surface area contributed by atoms with E-state index >= 15 is 0 Å². The van der Waals surface area contributed by atoms with E-state index in [9.17, 15) is 12.8 Å². The molecule has 1 atom stereocenters. The van der Waals surface area contributed by atoms with Crippen LogP contribution in [0.1, 0.15) is 32.6 Å². The monoisotopic (exact) mass is 286 g/mol. The third-order valence-corrected chi connectivity index (χ3v) is 5.61. The van der Waals surface area contributed by atoms with Gasteiger partial charge in [0.1, 0.15) is 10.7 Å². The lowest BCUT2D eigenvalue weighted by atomic mass is 10.0. The maximum Gasteiger partial charge on any atom is 0.245 e. The number of sulfonamides is 1. The Balaban J connectivity index is 2.43. The maximum atomic E-state index is 13.3. The zero-order valence-corrected chi connectivity index (χ0v) is 11.8. The van der Waals surface area contributed by atoms with Crippen molar-refractivity contribution in [3.05, 3.63) is 24.0 Å². The lowest BCUT2D eigenvalue weighted by Gasteiger charge is -2.34. The van der Waals surface area contributed by atoms with E-state index in [0.29, 0.717) is 6.54 Å². The summed E-state index contributed by atoms with van der Waals surface area (Å²) in [5.41, 5.74) is 5.80. The number of halogens is 1. The molecule has 1 aromatic rings. The van der Waals surface area contributed by atoms with Crippen molar-refractivity contribution in [2.45, 2.75) is 43.5 Å². The van der Waals surface area contributed by atoms with Gasteiger partial charge >= 0.3 is 0 Å². The van der Waals surface area contributed by atoms with Crippen LogP contribution in [0.2, 0.25) is 0 Å². The fourth-order valence-corrected chi connectivity index (χ4v) is 4.45. The van der Waals surface area contributed by atoms with Gasteiger partial charge in [-0.1, -0.05) is 13.3 Å². The van der Waals surface area contributed by atoms with Gasteiger partial charge in [0.2, 0.25) is 10.0 Å². The predicted molar refractivity (Wildman–Crippen MR) is 72.6 cm³/mol. The number of hydrogen-bond donors (Lipinski definition) is 1. The summed E-state index contributed by atoms with van der Waals surface area (Å²) in [6, 6.07) is 3.46. The molecule has 2 rings (SSSR count). The summed E-state index contributed by atoms with van der Waals surface area (Å²) in [5, 5.41) is 0. The Hall–Kier alpha value is -1.14. The highest BCUT2D eigenvalue weighted by Gasteiger charge is 2.33. The fraction of sp³-hybridized carbons (Fsp3) is 0.538. The van der Waals surface area contributed by atoms with E-state index in [0.717, 1.165) is 31.7 Å². The van der Waals surface area contributed by atoms with Gasteiger partial charge < -0.3 is 5.73 Å². The lowest BCUT2D eigenvalue weighted by Crippen LogP contribution is -2.43. The van der Waals surface area contributed by atoms with Crippen LogP contribution in [-0.2, 0) is 10.0 Å². The highest BCUT2D eigenvalue weighted by atomic mass is 32.2. The standard InChI is InChI=1S/C13H19FN2O2S/c1-2-11-5-3-4-8-16(11)19(17,18)13-9-10(14)6-7-12(13)15/h6-7,9,11H,2-5,8,15H2,1H3. The molecular formula is C13H19FN2O2S. The highest BCUT2D eigenvalue weighted by molar-refractivity contribution is 7.89. The number of anilines is 1. The second-order valence-electron chi connectivity index (χ2n) is 4.86. The van der Waals surface area contributed by atoms with Crippen LogP contribution in [0.4, 0.5) is 10.1 Å². The lowest BCUT2D eigenvalue weighted by molar-refractivity contribution is 0.246. The molecular weight excluding hydrogens is 267 g/mol. The minimum atomic E-state index is -3.71. The molecule has 0 bridgehead atoms. The molecule has 0 saturated carbocycles. The summed E-state index contributed by atoms with van der Waals surface area (Å²) >= 11 is 0. The Kier molecular flexibility index (Phi) is 4.10. The first-order chi connectivity index (χ1) is 8.96. The molecule has 1 unspecified atom stereocenters. The smallest absolute Gasteiger partial charge is 0.245 e. The van der Waals surface area contributed by atoms with Crippen LogP contribution >= 0.6 is 0 Å². The van der Waals surface area contributed by atoms with Crippen LogP contribution in [0, 0.1) is 5.82 Å². The van der Waals surface area contributed by atoms with Crippen molar-refractivity contribution in [3.63, 3.8) is 0 Å². The molecule has 1 aliphatic heterocycles. The summed E-state index contributed by atoms with van der Waals surface area (Å²) in [4.78, 5) is -0.118. The zero-order chi connectivity index (χ0) is 14.0. The summed E-state index contributed by atoms with van der Waals surface area (Å²) in [7, 11) is -3.71. The van der Waals surface area contributed by atoms with Gasteiger partial charge in [0.25, 0.3) is 0 Å². The molecule has 0 amide bonds. The van der Waals surface area contributed by atoms with Crippen molar-refractivity contribution >= 4 is 15.7 Å². The van der Waals surface area contributed by atoms with Crippen LogP contribution in [0.3, 0.4) is 0 Å². The summed E-state index contributed by atoms with van der Waals surface area (Å²) in [6.07, 6.45) is 3.48. The van der Waals surface area contributed by atoms with Gasteiger partial charge in [-0.2, -0.15) is 4.31 Å². The molecule has 6 heteroatoms. The van der Waals surface area contributed by atoms with E-state index in [4.69, 9.17) is 5.73 Å². The Morgan fingerprint density at radius 1 is 1.42 bits per heavy atom. The molecule has 106 valence electrons. The zero-order valence-electron chi connectivity index (χ0n) is 11.0. The molecule has 1 heterocycles. The van der Waals surface area contributed by atoms with Crippen molar-refractivity contribution in [1.29, 1.82) is 0 Å². The van der Waals surface area contributed by atoms with Crippen molar-refractivity contribution in [2.75, 3.05) is 12.3 Å². The van der Waals surface area contributed by atoms with Crippen molar-refractivity contribution in [2.24, 2.45) is 0 Å². The third-order valence-electron chi connectivity index (χ3n) is 3.61. The van der Waals surface area contributed by atoms with Crippen molar-refractivity contribution in [1.82, 2.24) is 4.31 Å². The largest absolute Gasteiger partial charge is 0.398 e. The molecule has 1 aliphatic rings. The summed E-state index contributed by atoms with van der Waals surface area (Å²) in [5.74, 6) is -0.585. The molecule has 1 saturated heterocycles. The van der Waals surface area contributed by atoms with E-state index in [2.05, 4.69) is 0 Å². The normalized spacial score (nSPS) is 21.5. The minimum Gasteiger partial charge on any atom is -0.398 e. The van der Waals surface area contributed by atoms with Gasteiger partial charge in [0, 0.05) is 12.6 Å². The minimum absolute atomic E-state index is 0.0126. The van der Waals surface area contributed by atoms with E-state index in [1.54, 1.807) is 0 Å². The fourth-order valence-electron chi connectivity index (χ4n) is 2.56. The first-order valence-corrected chi connectivity index (χ1v) is 7.97. The Morgan fingerprint density at radius 2 is 2.16 bits per heavy atom. The van der Waals surface area contributed by atoms with Crippen LogP contribution in [0.5, 0.6) is 0 Å². The van der Waals surface area contributed by atoms with Crippen LogP contribution < -0.4 is 5.73 Å². The van der Waals surface area contributed by atoms with Gasteiger partial charge in [-0.3, -0.25) is 0 Å². The van der Waals surface area contributed by atoms with Gasteiger partial charge in [-0.05, 0) is 37.5 Å². The molecule has 0 spiro atoms. The number of rotatable bonds is 3. The van der Waals surface area contributed by atoms with Crippen LogP contribution in [0.25, 0.3) is 0 Å². The Morgan fingerprint density at radius 3 is 2.84 bits per heavy atom. The van der Waals surface area contributed by atoms with Crippen LogP contribution in [0.15, 0.2) is 23.1 Å². The van der Waals surface area contributed by atoms with E-state index in [1.807, 2.05) is 6.92 Å². The van der Waals surface area contributed by atoms with Crippen LogP contribution in [-0.4, -0.2) is 25.3 Å². The molecule has 0 aliphatic carbocycles.